The molecule has 0 radical (unpaired) electrons. The highest BCUT2D eigenvalue weighted by Crippen LogP contribution is 2.65. The van der Waals surface area contributed by atoms with Gasteiger partial charge in [-0.1, -0.05) is 25.8 Å². The van der Waals surface area contributed by atoms with Gasteiger partial charge in [0.15, 0.2) is 0 Å². The Morgan fingerprint density at radius 3 is 2.73 bits per heavy atom. The molecule has 0 heterocycles. The van der Waals surface area contributed by atoms with Gasteiger partial charge in [-0.15, -0.1) is 0 Å². The SMILES string of the molecule is CN/N=C1/C=C2CCC3C4CCC[C@@]4(C)CCC3[C@@]2(C)CC1. The van der Waals surface area contributed by atoms with Gasteiger partial charge in [0.2, 0.25) is 0 Å². The van der Waals surface area contributed by atoms with Crippen LogP contribution in [0.3, 0.4) is 0 Å². The van der Waals surface area contributed by atoms with Crippen LogP contribution in [0.1, 0.15) is 71.6 Å². The first-order chi connectivity index (χ1) is 10.6. The summed E-state index contributed by atoms with van der Waals surface area (Å²) in [5, 5.41) is 4.46. The van der Waals surface area contributed by atoms with Gasteiger partial charge in [0.05, 0.1) is 5.71 Å². The van der Waals surface area contributed by atoms with Crippen molar-refractivity contribution < 1.29 is 0 Å². The smallest absolute Gasteiger partial charge is 0.0603 e. The number of allylic oxidation sites excluding steroid dienone is 2. The summed E-state index contributed by atoms with van der Waals surface area (Å²) in [7, 11) is 1.91. The van der Waals surface area contributed by atoms with Crippen LogP contribution in [0.5, 0.6) is 0 Å². The largest absolute Gasteiger partial charge is 0.313 e. The molecular formula is C20H32N2. The fourth-order valence-electron chi connectivity index (χ4n) is 6.80. The molecule has 0 bridgehead atoms. The van der Waals surface area contributed by atoms with Crippen LogP contribution in [0, 0.1) is 28.6 Å². The summed E-state index contributed by atoms with van der Waals surface area (Å²) in [5.74, 6) is 2.97. The molecule has 2 heteroatoms. The molecule has 3 unspecified atom stereocenters. The molecule has 3 saturated carbocycles. The molecule has 4 aliphatic rings. The van der Waals surface area contributed by atoms with Crippen molar-refractivity contribution in [2.45, 2.75) is 71.6 Å². The summed E-state index contributed by atoms with van der Waals surface area (Å²) in [5.41, 5.74) is 7.13. The second kappa shape index (κ2) is 5.11. The van der Waals surface area contributed by atoms with Gasteiger partial charge in [-0.3, -0.25) is 0 Å². The summed E-state index contributed by atoms with van der Waals surface area (Å²) >= 11 is 0. The molecule has 2 nitrogen and oxygen atoms in total. The second-order valence-electron chi connectivity index (χ2n) is 8.91. The Morgan fingerprint density at radius 1 is 1.05 bits per heavy atom. The van der Waals surface area contributed by atoms with Crippen LogP contribution in [0.15, 0.2) is 16.8 Å². The van der Waals surface area contributed by atoms with Gasteiger partial charge in [-0.2, -0.15) is 5.10 Å². The average molecular weight is 300 g/mol. The number of hydrogen-bond donors (Lipinski definition) is 1. The third-order valence-corrected chi connectivity index (χ3v) is 8.01. The van der Waals surface area contributed by atoms with E-state index in [4.69, 9.17) is 0 Å². The van der Waals surface area contributed by atoms with E-state index in [1.54, 1.807) is 5.57 Å². The van der Waals surface area contributed by atoms with Crippen molar-refractivity contribution in [1.29, 1.82) is 0 Å². The number of hydrazone groups is 1. The van der Waals surface area contributed by atoms with Gasteiger partial charge in [0, 0.05) is 7.05 Å². The fourth-order valence-corrected chi connectivity index (χ4v) is 6.80. The summed E-state index contributed by atoms with van der Waals surface area (Å²) in [4.78, 5) is 0. The minimum atomic E-state index is 0.472. The van der Waals surface area contributed by atoms with E-state index in [2.05, 4.69) is 30.5 Å². The van der Waals surface area contributed by atoms with Crippen molar-refractivity contribution in [3.05, 3.63) is 11.6 Å². The standard InChI is InChI=1S/C20H32N2/c1-19-10-4-5-17(19)16-7-6-14-13-15(22-21-3)8-12-20(14,2)18(16)9-11-19/h13,16-18,21H,4-12H2,1-3H3/b22-15+/t16?,17?,18?,19-,20-/m0/s1. The molecule has 0 aromatic carbocycles. The highest BCUT2D eigenvalue weighted by atomic mass is 15.3. The monoisotopic (exact) mass is 300 g/mol. The quantitative estimate of drug-likeness (QED) is 0.683. The van der Waals surface area contributed by atoms with Crippen LogP contribution < -0.4 is 5.43 Å². The van der Waals surface area contributed by atoms with E-state index in [-0.39, 0.29) is 0 Å². The van der Waals surface area contributed by atoms with Crippen molar-refractivity contribution in [2.24, 2.45) is 33.7 Å². The highest BCUT2D eigenvalue weighted by Gasteiger charge is 2.55. The van der Waals surface area contributed by atoms with E-state index < -0.39 is 0 Å². The fraction of sp³-hybridized carbons (Fsp3) is 0.850. The molecule has 0 aromatic heterocycles. The average Bonchev–Trinajstić information content (AvgIpc) is 2.89. The lowest BCUT2D eigenvalue weighted by atomic mass is 9.47. The molecule has 4 rings (SSSR count). The molecule has 0 aliphatic heterocycles. The van der Waals surface area contributed by atoms with Crippen molar-refractivity contribution in [2.75, 3.05) is 7.05 Å². The zero-order valence-electron chi connectivity index (χ0n) is 14.6. The Morgan fingerprint density at radius 2 is 1.91 bits per heavy atom. The second-order valence-corrected chi connectivity index (χ2v) is 8.91. The first-order valence-corrected chi connectivity index (χ1v) is 9.51. The topological polar surface area (TPSA) is 24.4 Å². The summed E-state index contributed by atoms with van der Waals surface area (Å²) in [6.07, 6.45) is 15.2. The third-order valence-electron chi connectivity index (χ3n) is 8.01. The first kappa shape index (κ1) is 14.8. The maximum atomic E-state index is 4.46. The van der Waals surface area contributed by atoms with Gasteiger partial charge in [-0.25, -0.2) is 0 Å². The highest BCUT2D eigenvalue weighted by molar-refractivity contribution is 5.96. The molecule has 1 N–H and O–H groups in total. The van der Waals surface area contributed by atoms with E-state index in [9.17, 15) is 0 Å². The molecule has 122 valence electrons. The molecule has 4 aliphatic carbocycles. The Balaban J connectivity index is 1.65. The Bertz CT molecular complexity index is 520. The van der Waals surface area contributed by atoms with Crippen LogP contribution in [0.2, 0.25) is 0 Å². The minimum absolute atomic E-state index is 0.472. The van der Waals surface area contributed by atoms with E-state index in [0.717, 1.165) is 24.2 Å². The number of rotatable bonds is 1. The Hall–Kier alpha value is -0.790. The first-order valence-electron chi connectivity index (χ1n) is 9.51. The van der Waals surface area contributed by atoms with E-state index >= 15 is 0 Å². The summed E-state index contributed by atoms with van der Waals surface area (Å²) < 4.78 is 0. The Kier molecular flexibility index (Phi) is 3.43. The maximum Gasteiger partial charge on any atom is 0.0603 e. The lowest BCUT2D eigenvalue weighted by Crippen LogP contribution is -2.49. The zero-order valence-corrected chi connectivity index (χ0v) is 14.6. The van der Waals surface area contributed by atoms with Crippen molar-refractivity contribution in [3.63, 3.8) is 0 Å². The van der Waals surface area contributed by atoms with Crippen LogP contribution in [0.4, 0.5) is 0 Å². The molecule has 0 saturated heterocycles. The van der Waals surface area contributed by atoms with Gasteiger partial charge in [0.25, 0.3) is 0 Å². The molecular weight excluding hydrogens is 268 g/mol. The Labute approximate surface area is 135 Å². The molecule has 22 heavy (non-hydrogen) atoms. The van der Waals surface area contributed by atoms with E-state index in [0.29, 0.717) is 10.8 Å². The number of fused-ring (bicyclic) bond motifs is 5. The predicted octanol–water partition coefficient (Wildman–Crippen LogP) is 4.91. The molecule has 5 atom stereocenters. The van der Waals surface area contributed by atoms with E-state index in [1.165, 1.54) is 57.1 Å². The lowest BCUT2D eigenvalue weighted by Gasteiger charge is -2.57. The number of nitrogens with zero attached hydrogens (tertiary/aromatic N) is 1. The molecule has 3 fully saturated rings. The predicted molar refractivity (Wildman–Crippen MR) is 92.8 cm³/mol. The van der Waals surface area contributed by atoms with Crippen LogP contribution in [-0.2, 0) is 0 Å². The lowest BCUT2D eigenvalue weighted by molar-refractivity contribution is -0.0335. The van der Waals surface area contributed by atoms with Gasteiger partial charge >= 0.3 is 0 Å². The normalized spacial score (nSPS) is 49.1. The van der Waals surface area contributed by atoms with Gasteiger partial charge in [0.1, 0.15) is 0 Å². The van der Waals surface area contributed by atoms with Crippen molar-refractivity contribution >= 4 is 5.71 Å². The minimum Gasteiger partial charge on any atom is -0.313 e. The maximum absolute atomic E-state index is 4.46. The van der Waals surface area contributed by atoms with Crippen molar-refractivity contribution in [1.82, 2.24) is 5.43 Å². The van der Waals surface area contributed by atoms with Crippen molar-refractivity contribution in [3.8, 4) is 0 Å². The molecule has 0 amide bonds. The summed E-state index contributed by atoms with van der Waals surface area (Å²) in [6, 6.07) is 0. The van der Waals surface area contributed by atoms with Crippen LogP contribution in [-0.4, -0.2) is 12.8 Å². The zero-order chi connectivity index (χ0) is 15.4. The van der Waals surface area contributed by atoms with Crippen LogP contribution >= 0.6 is 0 Å². The number of nitrogens with one attached hydrogen (secondary N) is 1. The van der Waals surface area contributed by atoms with Crippen LogP contribution in [0.25, 0.3) is 0 Å². The third kappa shape index (κ3) is 2.02. The van der Waals surface area contributed by atoms with Gasteiger partial charge < -0.3 is 5.43 Å². The molecule has 0 spiro atoms. The van der Waals surface area contributed by atoms with Gasteiger partial charge in [-0.05, 0) is 86.0 Å². The van der Waals surface area contributed by atoms with E-state index in [1.807, 2.05) is 7.05 Å². The number of hydrogen-bond acceptors (Lipinski definition) is 2. The molecule has 0 aromatic rings. The summed E-state index contributed by atoms with van der Waals surface area (Å²) in [6.45, 7) is 5.19.